The van der Waals surface area contributed by atoms with Gasteiger partial charge in [-0.2, -0.15) is 0 Å². The Balaban J connectivity index is 3.91. The fraction of sp³-hybridized carbons (Fsp3) is 0.778. The second-order valence-corrected chi connectivity index (χ2v) is 15.9. The van der Waals surface area contributed by atoms with Crippen molar-refractivity contribution in [2.45, 2.75) is 213 Å². The molecule has 0 bridgehead atoms. The van der Waals surface area contributed by atoms with Gasteiger partial charge in [-0.3, -0.25) is 14.1 Å². The first-order valence-electron chi connectivity index (χ1n) is 21.9. The molecule has 2 N–H and O–H groups in total. The normalized spacial score (nSPS) is 12.9. The second kappa shape index (κ2) is 40.7. The summed E-state index contributed by atoms with van der Waals surface area (Å²) in [5, 5.41) is 0. The van der Waals surface area contributed by atoms with Crippen LogP contribution in [-0.4, -0.2) is 41.0 Å². The maximum absolute atomic E-state index is 12.4. The molecule has 0 aliphatic heterocycles. The summed E-state index contributed by atoms with van der Waals surface area (Å²) in [5.41, 5.74) is 0. The number of unbranched alkanes of at least 4 members (excludes halogenated alkanes) is 22. The first-order chi connectivity index (χ1) is 26.3. The van der Waals surface area contributed by atoms with Gasteiger partial charge in [0.15, 0.2) is 6.10 Å². The zero-order chi connectivity index (χ0) is 39.6. The topological polar surface area (TPSA) is 119 Å². The van der Waals surface area contributed by atoms with Crippen LogP contribution in [0.2, 0.25) is 0 Å². The van der Waals surface area contributed by atoms with E-state index in [0.29, 0.717) is 12.8 Å². The molecule has 0 saturated heterocycles. The van der Waals surface area contributed by atoms with Gasteiger partial charge in [-0.1, -0.05) is 165 Å². The molecule has 9 heteroatoms. The molecule has 0 aliphatic carbocycles. The van der Waals surface area contributed by atoms with Crippen molar-refractivity contribution in [2.24, 2.45) is 0 Å². The van der Waals surface area contributed by atoms with Gasteiger partial charge in [0, 0.05) is 12.8 Å². The van der Waals surface area contributed by atoms with Crippen LogP contribution in [0.1, 0.15) is 206 Å². The third-order valence-electron chi connectivity index (χ3n) is 9.32. The second-order valence-electron chi connectivity index (χ2n) is 14.7. The van der Waals surface area contributed by atoms with E-state index in [2.05, 4.69) is 67.0 Å². The number of esters is 2. The average molecular weight is 781 g/mol. The summed E-state index contributed by atoms with van der Waals surface area (Å²) >= 11 is 0. The summed E-state index contributed by atoms with van der Waals surface area (Å²) in [6.07, 6.45) is 49.7. The van der Waals surface area contributed by atoms with Crippen LogP contribution < -0.4 is 0 Å². The number of allylic oxidation sites excluding steroid dienone is 8. The third-order valence-corrected chi connectivity index (χ3v) is 9.81. The highest BCUT2D eigenvalue weighted by atomic mass is 31.2. The molecule has 0 amide bonds. The molecule has 0 aliphatic rings. The molecule has 0 heterocycles. The Hall–Kier alpha value is -1.99. The van der Waals surface area contributed by atoms with E-state index in [9.17, 15) is 14.2 Å². The van der Waals surface area contributed by atoms with Crippen LogP contribution >= 0.6 is 7.82 Å². The maximum atomic E-state index is 12.4. The lowest BCUT2D eigenvalue weighted by Crippen LogP contribution is -2.29. The Morgan fingerprint density at radius 3 is 1.26 bits per heavy atom. The molecule has 54 heavy (non-hydrogen) atoms. The minimum Gasteiger partial charge on any atom is -0.462 e. The Labute approximate surface area is 331 Å². The molecule has 0 rings (SSSR count). The summed E-state index contributed by atoms with van der Waals surface area (Å²) in [7, 11) is -4.76. The van der Waals surface area contributed by atoms with Crippen molar-refractivity contribution in [3.05, 3.63) is 48.6 Å². The number of ether oxygens (including phenoxy) is 2. The molecule has 1 unspecified atom stereocenters. The fourth-order valence-electron chi connectivity index (χ4n) is 6.02. The van der Waals surface area contributed by atoms with Crippen LogP contribution in [-0.2, 0) is 28.2 Å². The van der Waals surface area contributed by atoms with Crippen molar-refractivity contribution in [1.29, 1.82) is 0 Å². The van der Waals surface area contributed by atoms with Crippen LogP contribution in [0, 0.1) is 0 Å². The fourth-order valence-corrected chi connectivity index (χ4v) is 6.38. The van der Waals surface area contributed by atoms with Crippen LogP contribution in [0.4, 0.5) is 0 Å². The van der Waals surface area contributed by atoms with Crippen molar-refractivity contribution in [3.63, 3.8) is 0 Å². The minimum atomic E-state index is -4.76. The van der Waals surface area contributed by atoms with Crippen LogP contribution in [0.25, 0.3) is 0 Å². The van der Waals surface area contributed by atoms with Crippen molar-refractivity contribution in [1.82, 2.24) is 0 Å². The van der Waals surface area contributed by atoms with Gasteiger partial charge in [0.1, 0.15) is 6.61 Å². The highest BCUT2D eigenvalue weighted by Crippen LogP contribution is 2.36. The number of hydrogen-bond acceptors (Lipinski definition) is 6. The molecule has 1 atom stereocenters. The number of carbonyl (C=O) groups excluding carboxylic acids is 2. The Morgan fingerprint density at radius 1 is 0.481 bits per heavy atom. The van der Waals surface area contributed by atoms with E-state index in [1.54, 1.807) is 0 Å². The van der Waals surface area contributed by atoms with Crippen molar-refractivity contribution in [3.8, 4) is 0 Å². The van der Waals surface area contributed by atoms with Crippen LogP contribution in [0.3, 0.4) is 0 Å². The number of phosphoric acid groups is 1. The molecule has 0 aromatic carbocycles. The molecule has 0 aromatic rings. The predicted molar refractivity (Wildman–Crippen MR) is 225 cm³/mol. The first kappa shape index (κ1) is 52.0. The maximum Gasteiger partial charge on any atom is 0.469 e. The molecule has 0 fully saturated rings. The predicted octanol–water partition coefficient (Wildman–Crippen LogP) is 13.5. The Kier molecular flexibility index (Phi) is 39.2. The number of rotatable bonds is 40. The SMILES string of the molecule is CCCCC/C=C\C/C=C\CCCCCCCC(=O)OCC(COP(=O)(O)O)OC(=O)CCCCCCCCCCC/C=C\C/C=C\CCCCCCC. The average Bonchev–Trinajstić information content (AvgIpc) is 3.14. The molecular weight excluding hydrogens is 699 g/mol. The zero-order valence-electron chi connectivity index (χ0n) is 34.6. The minimum absolute atomic E-state index is 0.203. The van der Waals surface area contributed by atoms with Gasteiger partial charge in [-0.05, 0) is 77.0 Å². The van der Waals surface area contributed by atoms with Crippen molar-refractivity contribution in [2.75, 3.05) is 13.2 Å². The highest BCUT2D eigenvalue weighted by molar-refractivity contribution is 7.46. The summed E-state index contributed by atoms with van der Waals surface area (Å²) in [4.78, 5) is 42.9. The summed E-state index contributed by atoms with van der Waals surface area (Å²) in [6.45, 7) is 3.64. The summed E-state index contributed by atoms with van der Waals surface area (Å²) < 4.78 is 26.4. The summed E-state index contributed by atoms with van der Waals surface area (Å²) in [5.74, 6) is -0.904. The highest BCUT2D eigenvalue weighted by Gasteiger charge is 2.22. The standard InChI is InChI=1S/C45H81O8P/c1-3-5-7-9-11-13-15-17-19-20-21-22-23-24-26-28-30-32-34-36-38-40-45(47)53-43(42-52-54(48,49)50)41-51-44(46)39-37-35-33-31-29-27-25-18-16-14-12-10-8-6-4-2/h12,14-15,17-18,20-21,25,43H,3-11,13,16,19,22-24,26-42H2,1-2H3,(H2,48,49,50)/b14-12-,17-15-,21-20-,25-18-. The van der Waals surface area contributed by atoms with E-state index in [1.165, 1.54) is 96.3 Å². The molecule has 0 spiro atoms. The van der Waals surface area contributed by atoms with Gasteiger partial charge in [0.25, 0.3) is 0 Å². The van der Waals surface area contributed by atoms with Gasteiger partial charge in [0.05, 0.1) is 6.61 Å². The van der Waals surface area contributed by atoms with Crippen LogP contribution in [0.15, 0.2) is 48.6 Å². The molecule has 314 valence electrons. The largest absolute Gasteiger partial charge is 0.469 e. The molecule has 0 aromatic heterocycles. The smallest absolute Gasteiger partial charge is 0.462 e. The zero-order valence-corrected chi connectivity index (χ0v) is 35.5. The van der Waals surface area contributed by atoms with E-state index in [1.807, 2.05) is 0 Å². The molecular formula is C45H81O8P. The van der Waals surface area contributed by atoms with Crippen molar-refractivity contribution < 1.29 is 37.9 Å². The first-order valence-corrected chi connectivity index (χ1v) is 23.5. The molecule has 0 radical (unpaired) electrons. The lowest BCUT2D eigenvalue weighted by Gasteiger charge is -2.18. The van der Waals surface area contributed by atoms with E-state index in [4.69, 9.17) is 19.3 Å². The van der Waals surface area contributed by atoms with Gasteiger partial charge in [0.2, 0.25) is 0 Å². The molecule has 0 saturated carbocycles. The van der Waals surface area contributed by atoms with Gasteiger partial charge >= 0.3 is 19.8 Å². The lowest BCUT2D eigenvalue weighted by molar-refractivity contribution is -0.161. The number of carbonyl (C=O) groups is 2. The number of phosphoric ester groups is 1. The molecule has 8 nitrogen and oxygen atoms in total. The van der Waals surface area contributed by atoms with Gasteiger partial charge < -0.3 is 19.3 Å². The van der Waals surface area contributed by atoms with Gasteiger partial charge in [-0.25, -0.2) is 4.57 Å². The number of hydrogen-bond donors (Lipinski definition) is 2. The van der Waals surface area contributed by atoms with E-state index in [-0.39, 0.29) is 19.4 Å². The van der Waals surface area contributed by atoms with E-state index in [0.717, 1.165) is 70.6 Å². The van der Waals surface area contributed by atoms with Crippen molar-refractivity contribution >= 4 is 19.8 Å². The summed E-state index contributed by atoms with van der Waals surface area (Å²) in [6, 6.07) is 0. The van der Waals surface area contributed by atoms with E-state index >= 15 is 0 Å². The van der Waals surface area contributed by atoms with Gasteiger partial charge in [-0.15, -0.1) is 0 Å². The lowest BCUT2D eigenvalue weighted by atomic mass is 10.1. The Bertz CT molecular complexity index is 1020. The Morgan fingerprint density at radius 2 is 0.833 bits per heavy atom. The van der Waals surface area contributed by atoms with E-state index < -0.39 is 32.5 Å². The quantitative estimate of drug-likeness (QED) is 0.0273. The van der Waals surface area contributed by atoms with Crippen LogP contribution in [0.5, 0.6) is 0 Å². The third kappa shape index (κ3) is 42.7. The monoisotopic (exact) mass is 781 g/mol.